The van der Waals surface area contributed by atoms with Gasteiger partial charge in [0.1, 0.15) is 4.83 Å². The third-order valence-corrected chi connectivity index (χ3v) is 4.42. The minimum atomic E-state index is -0.193. The fourth-order valence-electron chi connectivity index (χ4n) is 2.01. The molecule has 0 aromatic carbocycles. The normalized spacial score (nSPS) is 11.0. The molecule has 2 heterocycles. The second-order valence-corrected chi connectivity index (χ2v) is 5.52. The van der Waals surface area contributed by atoms with Gasteiger partial charge in [0.2, 0.25) is 0 Å². The highest BCUT2D eigenvalue weighted by molar-refractivity contribution is 7.20. The molecule has 1 N–H and O–H groups in total. The number of aliphatic hydroxyl groups is 1. The van der Waals surface area contributed by atoms with E-state index in [1.165, 1.54) is 27.1 Å². The predicted molar refractivity (Wildman–Crippen MR) is 78.3 cm³/mol. The first-order chi connectivity index (χ1) is 9.51. The Morgan fingerprint density at radius 1 is 1.55 bits per heavy atom. The van der Waals surface area contributed by atoms with E-state index in [4.69, 9.17) is 5.11 Å². The molecule has 2 aromatic heterocycles. The van der Waals surface area contributed by atoms with Gasteiger partial charge in [0.15, 0.2) is 0 Å². The first kappa shape index (κ1) is 14.7. The van der Waals surface area contributed by atoms with Crippen molar-refractivity contribution in [1.29, 1.82) is 0 Å². The van der Waals surface area contributed by atoms with E-state index in [0.29, 0.717) is 27.2 Å². The van der Waals surface area contributed by atoms with Crippen LogP contribution in [0.15, 0.2) is 11.1 Å². The SMILES string of the molecule is CCn1cnc2sc(C(=O)N(C)CCO)c(C)c2c1=O. The van der Waals surface area contributed by atoms with Crippen LogP contribution in [0.3, 0.4) is 0 Å². The van der Waals surface area contributed by atoms with Crippen LogP contribution in [0.4, 0.5) is 0 Å². The molecule has 0 aliphatic heterocycles. The minimum Gasteiger partial charge on any atom is -0.395 e. The lowest BCUT2D eigenvalue weighted by atomic mass is 10.2. The topological polar surface area (TPSA) is 75.4 Å². The van der Waals surface area contributed by atoms with Crippen molar-refractivity contribution < 1.29 is 9.90 Å². The van der Waals surface area contributed by atoms with Gasteiger partial charge in [0, 0.05) is 20.1 Å². The molecule has 0 fully saturated rings. The number of carbonyl (C=O) groups excluding carboxylic acids is 1. The number of fused-ring (bicyclic) bond motifs is 1. The van der Waals surface area contributed by atoms with Gasteiger partial charge >= 0.3 is 0 Å². The third kappa shape index (κ3) is 2.34. The predicted octanol–water partition coefficient (Wildman–Crippen LogP) is 0.851. The van der Waals surface area contributed by atoms with Crippen molar-refractivity contribution in [3.63, 3.8) is 0 Å². The summed E-state index contributed by atoms with van der Waals surface area (Å²) < 4.78 is 1.52. The fraction of sp³-hybridized carbons (Fsp3) is 0.462. The smallest absolute Gasteiger partial charge is 0.264 e. The molecule has 0 atom stereocenters. The lowest BCUT2D eigenvalue weighted by Gasteiger charge is -2.14. The number of rotatable bonds is 4. The van der Waals surface area contributed by atoms with Crippen LogP contribution >= 0.6 is 11.3 Å². The van der Waals surface area contributed by atoms with Crippen LogP contribution in [0.1, 0.15) is 22.2 Å². The Balaban J connectivity index is 2.57. The summed E-state index contributed by atoms with van der Waals surface area (Å²) in [5.74, 6) is -0.193. The first-order valence-corrected chi connectivity index (χ1v) is 7.17. The Labute approximate surface area is 120 Å². The summed E-state index contributed by atoms with van der Waals surface area (Å²) in [7, 11) is 1.63. The van der Waals surface area contributed by atoms with Crippen LogP contribution in [-0.2, 0) is 6.54 Å². The van der Waals surface area contributed by atoms with Gasteiger partial charge in [-0.2, -0.15) is 0 Å². The third-order valence-electron chi connectivity index (χ3n) is 3.23. The number of aromatic nitrogens is 2. The van der Waals surface area contributed by atoms with E-state index in [9.17, 15) is 9.59 Å². The van der Waals surface area contributed by atoms with Gasteiger partial charge in [-0.1, -0.05) is 0 Å². The summed E-state index contributed by atoms with van der Waals surface area (Å²) in [6, 6.07) is 0. The molecule has 2 rings (SSSR count). The molecule has 0 spiro atoms. The van der Waals surface area contributed by atoms with Crippen molar-refractivity contribution in [3.8, 4) is 0 Å². The zero-order valence-corrected chi connectivity index (χ0v) is 12.5. The summed E-state index contributed by atoms with van der Waals surface area (Å²) >= 11 is 1.22. The van der Waals surface area contributed by atoms with Crippen molar-refractivity contribution in [2.24, 2.45) is 0 Å². The number of carbonyl (C=O) groups is 1. The molecule has 2 aromatic rings. The summed E-state index contributed by atoms with van der Waals surface area (Å²) in [6.45, 7) is 4.36. The molecule has 0 radical (unpaired) electrons. The minimum absolute atomic E-state index is 0.0902. The molecule has 0 saturated heterocycles. The first-order valence-electron chi connectivity index (χ1n) is 6.36. The zero-order chi connectivity index (χ0) is 14.9. The zero-order valence-electron chi connectivity index (χ0n) is 11.7. The van der Waals surface area contributed by atoms with E-state index in [0.717, 1.165) is 0 Å². The highest BCUT2D eigenvalue weighted by atomic mass is 32.1. The van der Waals surface area contributed by atoms with Crippen LogP contribution in [0.5, 0.6) is 0 Å². The van der Waals surface area contributed by atoms with E-state index in [2.05, 4.69) is 4.98 Å². The Hall–Kier alpha value is -1.73. The van der Waals surface area contributed by atoms with E-state index < -0.39 is 0 Å². The van der Waals surface area contributed by atoms with Crippen LogP contribution in [-0.4, -0.2) is 45.7 Å². The highest BCUT2D eigenvalue weighted by Gasteiger charge is 2.21. The molecule has 0 unspecified atom stereocenters. The molecule has 0 saturated carbocycles. The Kier molecular flexibility index (Phi) is 4.20. The maximum absolute atomic E-state index is 12.3. The van der Waals surface area contributed by atoms with Crippen molar-refractivity contribution in [2.75, 3.05) is 20.2 Å². The average molecular weight is 295 g/mol. The summed E-state index contributed by atoms with van der Waals surface area (Å²) in [4.78, 5) is 31.3. The lowest BCUT2D eigenvalue weighted by Crippen LogP contribution is -2.29. The number of hydrogen-bond acceptors (Lipinski definition) is 5. The van der Waals surface area contributed by atoms with Crippen LogP contribution in [0.2, 0.25) is 0 Å². The van der Waals surface area contributed by atoms with E-state index >= 15 is 0 Å². The summed E-state index contributed by atoms with van der Waals surface area (Å²) in [5.41, 5.74) is 0.551. The molecule has 0 aliphatic carbocycles. The monoisotopic (exact) mass is 295 g/mol. The Morgan fingerprint density at radius 3 is 2.85 bits per heavy atom. The van der Waals surface area contributed by atoms with Gasteiger partial charge in [-0.25, -0.2) is 4.98 Å². The van der Waals surface area contributed by atoms with Crippen molar-refractivity contribution in [1.82, 2.24) is 14.5 Å². The van der Waals surface area contributed by atoms with Crippen molar-refractivity contribution in [2.45, 2.75) is 20.4 Å². The van der Waals surface area contributed by atoms with Crippen molar-refractivity contribution in [3.05, 3.63) is 27.1 Å². The molecule has 20 heavy (non-hydrogen) atoms. The molecule has 0 bridgehead atoms. The van der Waals surface area contributed by atoms with E-state index in [1.807, 2.05) is 6.92 Å². The molecular weight excluding hydrogens is 278 g/mol. The molecule has 7 heteroatoms. The van der Waals surface area contributed by atoms with E-state index in [1.54, 1.807) is 14.0 Å². The van der Waals surface area contributed by atoms with Gasteiger partial charge in [-0.05, 0) is 19.4 Å². The van der Waals surface area contributed by atoms with Gasteiger partial charge in [0.25, 0.3) is 11.5 Å². The van der Waals surface area contributed by atoms with Gasteiger partial charge < -0.3 is 10.0 Å². The van der Waals surface area contributed by atoms with Crippen LogP contribution in [0, 0.1) is 6.92 Å². The fourth-order valence-corrected chi connectivity index (χ4v) is 3.15. The molecular formula is C13H17N3O3S. The molecule has 1 amide bonds. The maximum Gasteiger partial charge on any atom is 0.264 e. The summed E-state index contributed by atoms with van der Waals surface area (Å²) in [5, 5.41) is 9.41. The Morgan fingerprint density at radius 2 is 2.25 bits per heavy atom. The lowest BCUT2D eigenvalue weighted by molar-refractivity contribution is 0.0771. The molecule has 6 nitrogen and oxygen atoms in total. The number of hydrogen-bond donors (Lipinski definition) is 1. The second kappa shape index (κ2) is 5.72. The molecule has 0 aliphatic rings. The van der Waals surface area contributed by atoms with Crippen LogP contribution in [0.25, 0.3) is 10.2 Å². The van der Waals surface area contributed by atoms with Gasteiger partial charge in [-0.15, -0.1) is 11.3 Å². The highest BCUT2D eigenvalue weighted by Crippen LogP contribution is 2.27. The van der Waals surface area contributed by atoms with Crippen molar-refractivity contribution >= 4 is 27.5 Å². The standard InChI is InChI=1S/C13H17N3O3S/c1-4-16-7-14-11-9(12(16)18)8(2)10(20-11)13(19)15(3)5-6-17/h7,17H,4-6H2,1-3H3. The largest absolute Gasteiger partial charge is 0.395 e. The second-order valence-electron chi connectivity index (χ2n) is 4.52. The number of aliphatic hydroxyl groups excluding tert-OH is 1. The number of likely N-dealkylation sites (N-methyl/N-ethyl adjacent to an activating group) is 1. The van der Waals surface area contributed by atoms with Crippen LogP contribution < -0.4 is 5.56 Å². The number of amides is 1. The molecule has 108 valence electrons. The quantitative estimate of drug-likeness (QED) is 0.907. The van der Waals surface area contributed by atoms with Gasteiger partial charge in [0.05, 0.1) is 23.2 Å². The maximum atomic E-state index is 12.3. The Bertz CT molecular complexity index is 705. The summed E-state index contributed by atoms with van der Waals surface area (Å²) in [6.07, 6.45) is 1.51. The number of thiophene rings is 1. The number of aryl methyl sites for hydroxylation is 2. The number of nitrogens with zero attached hydrogens (tertiary/aromatic N) is 3. The van der Waals surface area contributed by atoms with E-state index in [-0.39, 0.29) is 24.6 Å². The van der Waals surface area contributed by atoms with Gasteiger partial charge in [-0.3, -0.25) is 14.2 Å². The average Bonchev–Trinajstić information content (AvgIpc) is 2.76.